The van der Waals surface area contributed by atoms with E-state index in [0.717, 1.165) is 36.9 Å². The number of rotatable bonds is 4. The summed E-state index contributed by atoms with van der Waals surface area (Å²) < 4.78 is 0. The molecule has 1 saturated carbocycles. The SMILES string of the molecule is CNc1nc(N(C)CC2(O)CCCC2)c2cn[nH]c2n1. The van der Waals surface area contributed by atoms with Gasteiger partial charge >= 0.3 is 0 Å². The van der Waals surface area contributed by atoms with Crippen molar-refractivity contribution in [3.8, 4) is 0 Å². The maximum atomic E-state index is 10.5. The van der Waals surface area contributed by atoms with E-state index in [0.29, 0.717) is 18.1 Å². The number of aliphatic hydroxyl groups is 1. The van der Waals surface area contributed by atoms with Gasteiger partial charge in [0.2, 0.25) is 5.95 Å². The molecular weight excluding hydrogens is 256 g/mol. The highest BCUT2D eigenvalue weighted by atomic mass is 16.3. The van der Waals surface area contributed by atoms with Crippen LogP contribution < -0.4 is 10.2 Å². The lowest BCUT2D eigenvalue weighted by molar-refractivity contribution is 0.0558. The standard InChI is InChI=1S/C13H20N6O/c1-14-12-16-10-9(7-15-18-10)11(17-12)19(2)8-13(20)5-3-4-6-13/h7,20H,3-6,8H2,1-2H3,(H2,14,15,16,17,18). The fraction of sp³-hybridized carbons (Fsp3) is 0.615. The fourth-order valence-electron chi connectivity index (χ4n) is 2.93. The summed E-state index contributed by atoms with van der Waals surface area (Å²) in [5, 5.41) is 21.3. The Bertz CT molecular complexity index is 604. The minimum absolute atomic E-state index is 0.544. The van der Waals surface area contributed by atoms with Gasteiger partial charge in [0.05, 0.1) is 17.2 Å². The van der Waals surface area contributed by atoms with Crippen LogP contribution in [0.15, 0.2) is 6.20 Å². The van der Waals surface area contributed by atoms with Crippen molar-refractivity contribution in [3.63, 3.8) is 0 Å². The van der Waals surface area contributed by atoms with Crippen LogP contribution in [0.3, 0.4) is 0 Å². The van der Waals surface area contributed by atoms with Crippen molar-refractivity contribution in [3.05, 3.63) is 6.20 Å². The second-order valence-corrected chi connectivity index (χ2v) is 5.54. The summed E-state index contributed by atoms with van der Waals surface area (Å²) in [6.45, 7) is 0.577. The lowest BCUT2D eigenvalue weighted by Crippen LogP contribution is -2.39. The van der Waals surface area contributed by atoms with E-state index < -0.39 is 5.60 Å². The Labute approximate surface area is 117 Å². The zero-order chi connectivity index (χ0) is 14.2. The highest BCUT2D eigenvalue weighted by molar-refractivity contribution is 5.87. The molecule has 2 heterocycles. The van der Waals surface area contributed by atoms with Crippen molar-refractivity contribution < 1.29 is 5.11 Å². The van der Waals surface area contributed by atoms with E-state index in [9.17, 15) is 5.11 Å². The summed E-state index contributed by atoms with van der Waals surface area (Å²) in [6.07, 6.45) is 5.62. The van der Waals surface area contributed by atoms with Crippen molar-refractivity contribution >= 4 is 22.8 Å². The summed E-state index contributed by atoms with van der Waals surface area (Å²) in [4.78, 5) is 10.8. The Morgan fingerprint density at radius 2 is 2.15 bits per heavy atom. The third-order valence-electron chi connectivity index (χ3n) is 3.94. The smallest absolute Gasteiger partial charge is 0.226 e. The minimum atomic E-state index is -0.602. The van der Waals surface area contributed by atoms with Crippen molar-refractivity contribution in [1.29, 1.82) is 0 Å². The number of likely N-dealkylation sites (N-methyl/N-ethyl adjacent to an activating group) is 1. The van der Waals surface area contributed by atoms with E-state index in [-0.39, 0.29) is 0 Å². The number of aromatic nitrogens is 4. The van der Waals surface area contributed by atoms with Gasteiger partial charge in [-0.05, 0) is 12.8 Å². The lowest BCUT2D eigenvalue weighted by Gasteiger charge is -2.29. The minimum Gasteiger partial charge on any atom is -0.388 e. The molecule has 3 rings (SSSR count). The van der Waals surface area contributed by atoms with Crippen LogP contribution in [0, 0.1) is 0 Å². The quantitative estimate of drug-likeness (QED) is 0.776. The van der Waals surface area contributed by atoms with Gasteiger partial charge in [0.25, 0.3) is 0 Å². The number of H-pyrrole nitrogens is 1. The van der Waals surface area contributed by atoms with Crippen molar-refractivity contribution in [2.45, 2.75) is 31.3 Å². The van der Waals surface area contributed by atoms with Crippen LogP contribution in [0.4, 0.5) is 11.8 Å². The van der Waals surface area contributed by atoms with Crippen LogP contribution in [0.25, 0.3) is 11.0 Å². The predicted molar refractivity (Wildman–Crippen MR) is 77.9 cm³/mol. The van der Waals surface area contributed by atoms with Gasteiger partial charge in [-0.25, -0.2) is 0 Å². The van der Waals surface area contributed by atoms with Gasteiger partial charge in [-0.15, -0.1) is 0 Å². The summed E-state index contributed by atoms with van der Waals surface area (Å²) in [7, 11) is 3.73. The molecule has 1 aliphatic rings. The van der Waals surface area contributed by atoms with Crippen LogP contribution in [0.1, 0.15) is 25.7 Å². The van der Waals surface area contributed by atoms with Crippen molar-refractivity contribution in [2.24, 2.45) is 0 Å². The third kappa shape index (κ3) is 2.29. The monoisotopic (exact) mass is 276 g/mol. The first-order valence-electron chi connectivity index (χ1n) is 6.94. The second-order valence-electron chi connectivity index (χ2n) is 5.54. The third-order valence-corrected chi connectivity index (χ3v) is 3.94. The van der Waals surface area contributed by atoms with Crippen molar-refractivity contribution in [2.75, 3.05) is 30.9 Å². The molecule has 0 atom stereocenters. The molecule has 0 amide bonds. The summed E-state index contributed by atoms with van der Waals surface area (Å²) in [6, 6.07) is 0. The number of hydrogen-bond donors (Lipinski definition) is 3. The zero-order valence-electron chi connectivity index (χ0n) is 11.8. The molecule has 1 fully saturated rings. The van der Waals surface area contributed by atoms with Crippen molar-refractivity contribution in [1.82, 2.24) is 20.2 Å². The number of anilines is 2. The van der Waals surface area contributed by atoms with Gasteiger partial charge in [0.1, 0.15) is 5.82 Å². The first-order chi connectivity index (χ1) is 9.61. The Hall–Kier alpha value is -1.89. The molecule has 7 heteroatoms. The highest BCUT2D eigenvalue weighted by Crippen LogP contribution is 2.32. The average molecular weight is 276 g/mol. The van der Waals surface area contributed by atoms with Crippen LogP contribution in [0.5, 0.6) is 0 Å². The number of nitrogens with one attached hydrogen (secondary N) is 2. The maximum Gasteiger partial charge on any atom is 0.226 e. The molecule has 3 N–H and O–H groups in total. The van der Waals surface area contributed by atoms with Gasteiger partial charge in [-0.2, -0.15) is 15.1 Å². The van der Waals surface area contributed by atoms with E-state index >= 15 is 0 Å². The number of hydrogen-bond acceptors (Lipinski definition) is 6. The molecule has 0 unspecified atom stereocenters. The first-order valence-corrected chi connectivity index (χ1v) is 6.94. The fourth-order valence-corrected chi connectivity index (χ4v) is 2.93. The predicted octanol–water partition coefficient (Wildman–Crippen LogP) is 1.14. The molecule has 2 aromatic heterocycles. The van der Waals surface area contributed by atoms with Gasteiger partial charge < -0.3 is 15.3 Å². The van der Waals surface area contributed by atoms with E-state index in [1.165, 1.54) is 0 Å². The Balaban J connectivity index is 1.93. The average Bonchev–Trinajstić information content (AvgIpc) is 3.05. The second kappa shape index (κ2) is 4.90. The highest BCUT2D eigenvalue weighted by Gasteiger charge is 2.33. The molecule has 20 heavy (non-hydrogen) atoms. The molecule has 0 aliphatic heterocycles. The summed E-state index contributed by atoms with van der Waals surface area (Å²) in [5.74, 6) is 1.33. The molecule has 0 aromatic carbocycles. The van der Waals surface area contributed by atoms with Gasteiger partial charge in [0.15, 0.2) is 5.65 Å². The molecule has 0 bridgehead atoms. The molecule has 0 saturated heterocycles. The number of nitrogens with zero attached hydrogens (tertiary/aromatic N) is 4. The van der Waals surface area contributed by atoms with Crippen LogP contribution >= 0.6 is 0 Å². The Morgan fingerprint density at radius 3 is 2.85 bits per heavy atom. The molecule has 7 nitrogen and oxygen atoms in total. The number of fused-ring (bicyclic) bond motifs is 1. The van der Waals surface area contributed by atoms with Gasteiger partial charge in [0, 0.05) is 20.6 Å². The topological polar surface area (TPSA) is 90.0 Å². The first kappa shape index (κ1) is 13.1. The Morgan fingerprint density at radius 1 is 1.40 bits per heavy atom. The molecule has 0 spiro atoms. The normalized spacial score (nSPS) is 17.6. The maximum absolute atomic E-state index is 10.5. The zero-order valence-corrected chi connectivity index (χ0v) is 11.8. The van der Waals surface area contributed by atoms with Crippen LogP contribution in [-0.4, -0.2) is 51.5 Å². The molecule has 0 radical (unpaired) electrons. The summed E-state index contributed by atoms with van der Waals surface area (Å²) >= 11 is 0. The molecule has 1 aliphatic carbocycles. The van der Waals surface area contributed by atoms with Crippen LogP contribution in [0.2, 0.25) is 0 Å². The van der Waals surface area contributed by atoms with E-state index in [1.54, 1.807) is 13.2 Å². The molecular formula is C13H20N6O. The number of aromatic amines is 1. The largest absolute Gasteiger partial charge is 0.388 e. The lowest BCUT2D eigenvalue weighted by atomic mass is 10.0. The van der Waals surface area contributed by atoms with Gasteiger partial charge in [-0.1, -0.05) is 12.8 Å². The Kier molecular flexibility index (Phi) is 3.21. The summed E-state index contributed by atoms with van der Waals surface area (Å²) in [5.41, 5.74) is 0.0971. The van der Waals surface area contributed by atoms with E-state index in [2.05, 4.69) is 25.5 Å². The van der Waals surface area contributed by atoms with Gasteiger partial charge in [-0.3, -0.25) is 5.10 Å². The molecule has 2 aromatic rings. The van der Waals surface area contributed by atoms with E-state index in [1.807, 2.05) is 11.9 Å². The molecule has 108 valence electrons. The van der Waals surface area contributed by atoms with Crippen LogP contribution in [-0.2, 0) is 0 Å². The van der Waals surface area contributed by atoms with E-state index in [4.69, 9.17) is 0 Å².